The highest BCUT2D eigenvalue weighted by molar-refractivity contribution is 5.84. The molecule has 0 saturated heterocycles. The van der Waals surface area contributed by atoms with Crippen molar-refractivity contribution in [1.29, 1.82) is 0 Å². The summed E-state index contributed by atoms with van der Waals surface area (Å²) in [5.74, 6) is 1.01. The summed E-state index contributed by atoms with van der Waals surface area (Å²) in [6.45, 7) is 2.47. The summed E-state index contributed by atoms with van der Waals surface area (Å²) in [6, 6.07) is 7.07. The average molecular weight is 396 g/mol. The van der Waals surface area contributed by atoms with Crippen molar-refractivity contribution >= 4 is 22.7 Å². The van der Waals surface area contributed by atoms with E-state index in [9.17, 15) is 4.79 Å². The Bertz CT molecular complexity index is 1170. The number of rotatable bonds is 7. The summed E-state index contributed by atoms with van der Waals surface area (Å²) in [7, 11) is 0. The van der Waals surface area contributed by atoms with Crippen LogP contribution in [0.4, 0.5) is 4.79 Å². The van der Waals surface area contributed by atoms with Crippen LogP contribution in [0.2, 0.25) is 0 Å². The zero-order chi connectivity index (χ0) is 20.4. The maximum absolute atomic E-state index is 10.7. The zero-order valence-corrected chi connectivity index (χ0v) is 15.7. The van der Waals surface area contributed by atoms with Crippen LogP contribution in [0.25, 0.3) is 28.1 Å². The number of carbonyl (C=O) groups is 1. The Morgan fingerprint density at radius 3 is 3.03 bits per heavy atom. The summed E-state index contributed by atoms with van der Waals surface area (Å²) >= 11 is 0. The molecule has 29 heavy (non-hydrogen) atoms. The number of pyridine rings is 1. The molecule has 0 aromatic carbocycles. The minimum atomic E-state index is -1.07. The fourth-order valence-corrected chi connectivity index (χ4v) is 2.95. The molecule has 150 valence electrons. The number of hydrogen-bond acceptors (Lipinski definition) is 7. The largest absolute Gasteiger partial charge is 0.475 e. The predicted molar refractivity (Wildman–Crippen MR) is 105 cm³/mol. The van der Waals surface area contributed by atoms with E-state index >= 15 is 0 Å². The van der Waals surface area contributed by atoms with Gasteiger partial charge in [-0.3, -0.25) is 4.98 Å². The van der Waals surface area contributed by atoms with E-state index in [1.807, 2.05) is 13.0 Å². The molecule has 10 heteroatoms. The Hall–Kier alpha value is -3.66. The molecule has 4 aromatic rings. The average Bonchev–Trinajstić information content (AvgIpc) is 3.29. The number of ether oxygens (including phenoxy) is 1. The van der Waals surface area contributed by atoms with Gasteiger partial charge < -0.3 is 25.3 Å². The van der Waals surface area contributed by atoms with Gasteiger partial charge in [0.05, 0.1) is 11.9 Å². The van der Waals surface area contributed by atoms with Crippen LogP contribution in [-0.4, -0.2) is 50.0 Å². The van der Waals surface area contributed by atoms with Gasteiger partial charge in [-0.15, -0.1) is 5.10 Å². The Balaban J connectivity index is 1.68. The van der Waals surface area contributed by atoms with Gasteiger partial charge in [0.1, 0.15) is 17.9 Å². The number of imidazole rings is 1. The Morgan fingerprint density at radius 1 is 1.38 bits per heavy atom. The van der Waals surface area contributed by atoms with Gasteiger partial charge in [-0.05, 0) is 25.1 Å². The number of nitrogens with one attached hydrogen (secondary N) is 1. The number of nitrogens with zero attached hydrogens (tertiary/aromatic N) is 4. The SMILES string of the molecule is C[C@H](N)COc1ccc2ncc(-c3cc4c(CCNC(=O)O)nccc4o3)n2n1. The smallest absolute Gasteiger partial charge is 0.404 e. The molecule has 0 unspecified atom stereocenters. The highest BCUT2D eigenvalue weighted by atomic mass is 16.5. The summed E-state index contributed by atoms with van der Waals surface area (Å²) < 4.78 is 13.2. The third kappa shape index (κ3) is 3.97. The third-order valence-corrected chi connectivity index (χ3v) is 4.25. The van der Waals surface area contributed by atoms with Gasteiger partial charge in [-0.25, -0.2) is 14.3 Å². The Morgan fingerprint density at radius 2 is 2.24 bits per heavy atom. The number of hydrogen-bond donors (Lipinski definition) is 3. The summed E-state index contributed by atoms with van der Waals surface area (Å²) in [4.78, 5) is 19.4. The zero-order valence-electron chi connectivity index (χ0n) is 15.7. The van der Waals surface area contributed by atoms with Gasteiger partial charge in [0.25, 0.3) is 0 Å². The molecule has 1 atom stereocenters. The second kappa shape index (κ2) is 7.76. The lowest BCUT2D eigenvalue weighted by Gasteiger charge is -2.08. The first-order valence-electron chi connectivity index (χ1n) is 9.09. The molecule has 0 aliphatic rings. The lowest BCUT2D eigenvalue weighted by Crippen LogP contribution is -2.24. The van der Waals surface area contributed by atoms with Gasteiger partial charge in [-0.1, -0.05) is 0 Å². The molecule has 4 rings (SSSR count). The maximum Gasteiger partial charge on any atom is 0.404 e. The van der Waals surface area contributed by atoms with Crippen molar-refractivity contribution in [2.24, 2.45) is 5.73 Å². The minimum Gasteiger partial charge on any atom is -0.475 e. The maximum atomic E-state index is 10.7. The summed E-state index contributed by atoms with van der Waals surface area (Å²) in [6.07, 6.45) is 2.69. The van der Waals surface area contributed by atoms with Crippen molar-refractivity contribution < 1.29 is 19.1 Å². The van der Waals surface area contributed by atoms with Crippen LogP contribution < -0.4 is 15.8 Å². The fourth-order valence-electron chi connectivity index (χ4n) is 2.95. The van der Waals surface area contributed by atoms with Gasteiger partial charge in [0.2, 0.25) is 5.88 Å². The van der Waals surface area contributed by atoms with Crippen molar-refractivity contribution in [1.82, 2.24) is 24.9 Å². The molecule has 0 saturated carbocycles. The molecule has 0 bridgehead atoms. The van der Waals surface area contributed by atoms with Crippen molar-refractivity contribution in [3.8, 4) is 17.3 Å². The lowest BCUT2D eigenvalue weighted by atomic mass is 10.2. The molecule has 0 aliphatic carbocycles. The highest BCUT2D eigenvalue weighted by Gasteiger charge is 2.15. The fraction of sp³-hybridized carbons (Fsp3) is 0.263. The first kappa shape index (κ1) is 18.7. The Labute approximate surface area is 165 Å². The minimum absolute atomic E-state index is 0.105. The standard InChI is InChI=1S/C19H20N6O4/c1-11(20)10-28-18-3-2-17-23-9-14(25(17)24-18)16-8-12-13(4-6-22-19(26)27)21-7-5-15(12)29-16/h2-3,5,7-9,11,22H,4,6,10,20H2,1H3,(H,26,27)/t11-/m0/s1. The molecular formula is C19H20N6O4. The van der Waals surface area contributed by atoms with E-state index in [1.165, 1.54) is 0 Å². The molecule has 4 N–H and O–H groups in total. The predicted octanol–water partition coefficient (Wildman–Crippen LogP) is 2.07. The third-order valence-electron chi connectivity index (χ3n) is 4.25. The van der Waals surface area contributed by atoms with E-state index in [2.05, 4.69) is 20.4 Å². The molecule has 10 nitrogen and oxygen atoms in total. The van der Waals surface area contributed by atoms with Crippen LogP contribution in [0.15, 0.2) is 41.1 Å². The van der Waals surface area contributed by atoms with Crippen LogP contribution in [0.3, 0.4) is 0 Å². The first-order chi connectivity index (χ1) is 14.0. The van der Waals surface area contributed by atoms with E-state index in [-0.39, 0.29) is 12.6 Å². The number of amides is 1. The van der Waals surface area contributed by atoms with Crippen molar-refractivity contribution in [2.75, 3.05) is 13.2 Å². The number of furan rings is 1. The second-order valence-electron chi connectivity index (χ2n) is 6.64. The van der Waals surface area contributed by atoms with E-state index < -0.39 is 6.09 Å². The molecule has 0 spiro atoms. The van der Waals surface area contributed by atoms with Crippen LogP contribution in [0.1, 0.15) is 12.6 Å². The van der Waals surface area contributed by atoms with Crippen LogP contribution in [-0.2, 0) is 6.42 Å². The molecular weight excluding hydrogens is 376 g/mol. The molecule has 0 radical (unpaired) electrons. The van der Waals surface area contributed by atoms with Crippen LogP contribution in [0.5, 0.6) is 5.88 Å². The van der Waals surface area contributed by atoms with Crippen LogP contribution >= 0.6 is 0 Å². The Kier molecular flexibility index (Phi) is 5.00. The van der Waals surface area contributed by atoms with E-state index in [0.29, 0.717) is 41.6 Å². The number of carboxylic acid groups (broad SMARTS) is 1. The number of nitrogens with two attached hydrogens (primary N) is 1. The molecule has 0 aliphatic heterocycles. The molecule has 1 amide bonds. The van der Waals surface area contributed by atoms with Gasteiger partial charge >= 0.3 is 6.09 Å². The van der Waals surface area contributed by atoms with Gasteiger partial charge in [0.15, 0.2) is 11.4 Å². The topological polar surface area (TPSA) is 141 Å². The quantitative estimate of drug-likeness (QED) is 0.431. The van der Waals surface area contributed by atoms with Gasteiger partial charge in [-0.2, -0.15) is 0 Å². The van der Waals surface area contributed by atoms with Gasteiger partial charge in [0, 0.05) is 36.7 Å². The van der Waals surface area contributed by atoms with Crippen molar-refractivity contribution in [3.05, 3.63) is 42.4 Å². The number of fused-ring (bicyclic) bond motifs is 2. The monoisotopic (exact) mass is 396 g/mol. The summed E-state index contributed by atoms with van der Waals surface area (Å²) in [5.41, 5.74) is 8.44. The van der Waals surface area contributed by atoms with E-state index in [1.54, 1.807) is 35.1 Å². The van der Waals surface area contributed by atoms with Crippen LogP contribution in [0, 0.1) is 0 Å². The summed E-state index contributed by atoms with van der Waals surface area (Å²) in [5, 5.41) is 16.4. The second-order valence-corrected chi connectivity index (χ2v) is 6.64. The molecule has 4 aromatic heterocycles. The lowest BCUT2D eigenvalue weighted by molar-refractivity contribution is 0.194. The van der Waals surface area contributed by atoms with Crippen molar-refractivity contribution in [2.45, 2.75) is 19.4 Å². The van der Waals surface area contributed by atoms with Crippen molar-refractivity contribution in [3.63, 3.8) is 0 Å². The molecule has 4 heterocycles. The first-order valence-corrected chi connectivity index (χ1v) is 9.09. The molecule has 0 fully saturated rings. The van der Waals surface area contributed by atoms with E-state index in [0.717, 1.165) is 11.1 Å². The highest BCUT2D eigenvalue weighted by Crippen LogP contribution is 2.29. The number of aromatic nitrogens is 4. The normalized spacial score (nSPS) is 12.3. The van der Waals surface area contributed by atoms with E-state index in [4.69, 9.17) is 20.0 Å².